The second kappa shape index (κ2) is 6.28. The van der Waals surface area contributed by atoms with E-state index < -0.39 is 0 Å². The molecule has 118 valence electrons. The molecule has 1 saturated heterocycles. The van der Waals surface area contributed by atoms with Crippen molar-refractivity contribution in [3.8, 4) is 0 Å². The van der Waals surface area contributed by atoms with Crippen molar-refractivity contribution in [1.82, 2.24) is 9.88 Å². The minimum Gasteiger partial charge on any atom is -0.392 e. The molecule has 0 aliphatic carbocycles. The van der Waals surface area contributed by atoms with Crippen LogP contribution in [0.5, 0.6) is 0 Å². The predicted molar refractivity (Wildman–Crippen MR) is 84.5 cm³/mol. The lowest BCUT2D eigenvalue weighted by molar-refractivity contribution is -0.121. The van der Waals surface area contributed by atoms with E-state index in [0.717, 1.165) is 19.4 Å². The molecule has 1 aromatic heterocycles. The maximum atomic E-state index is 13.2. The van der Waals surface area contributed by atoms with Gasteiger partial charge in [0.1, 0.15) is 5.82 Å². The highest BCUT2D eigenvalue weighted by Crippen LogP contribution is 2.26. The zero-order chi connectivity index (χ0) is 15.7. The summed E-state index contributed by atoms with van der Waals surface area (Å²) in [6, 6.07) is 4.03. The highest BCUT2D eigenvalue weighted by molar-refractivity contribution is 7.22. The van der Waals surface area contributed by atoms with Gasteiger partial charge in [0.25, 0.3) is 0 Å². The average molecular weight is 323 g/mol. The Bertz CT molecular complexity index is 690. The van der Waals surface area contributed by atoms with Crippen molar-refractivity contribution in [2.24, 2.45) is 0 Å². The van der Waals surface area contributed by atoms with E-state index in [1.54, 1.807) is 6.07 Å². The van der Waals surface area contributed by atoms with Crippen LogP contribution in [0.4, 0.5) is 9.52 Å². The number of thiazole rings is 1. The fourth-order valence-electron chi connectivity index (χ4n) is 2.66. The largest absolute Gasteiger partial charge is 0.392 e. The molecule has 3 rings (SSSR count). The number of likely N-dealkylation sites (tertiary alicyclic amines) is 1. The van der Waals surface area contributed by atoms with E-state index in [-0.39, 0.29) is 23.9 Å². The first-order valence-electron chi connectivity index (χ1n) is 7.32. The number of aromatic nitrogens is 1. The van der Waals surface area contributed by atoms with Crippen molar-refractivity contribution < 1.29 is 14.3 Å². The van der Waals surface area contributed by atoms with Gasteiger partial charge >= 0.3 is 0 Å². The predicted octanol–water partition coefficient (Wildman–Crippen LogP) is 2.22. The number of piperidine rings is 1. The standard InChI is InChI=1S/C15H18FN3O2S/c1-9(19-6-2-3-11(20)8-19)14(21)18-15-17-12-5-4-10(16)7-13(12)22-15/h4-5,7,9,11,20H,2-3,6,8H2,1H3,(H,17,18,21). The van der Waals surface area contributed by atoms with Crippen molar-refractivity contribution in [1.29, 1.82) is 0 Å². The SMILES string of the molecule is CC(C(=O)Nc1nc2ccc(F)cc2s1)N1CCCC(O)C1. The summed E-state index contributed by atoms with van der Waals surface area (Å²) in [7, 11) is 0. The van der Waals surface area contributed by atoms with Gasteiger partial charge in [0, 0.05) is 6.54 Å². The van der Waals surface area contributed by atoms with E-state index in [1.165, 1.54) is 23.5 Å². The molecule has 2 unspecified atom stereocenters. The molecule has 1 aliphatic rings. The molecule has 0 spiro atoms. The molecule has 2 N–H and O–H groups in total. The summed E-state index contributed by atoms with van der Waals surface area (Å²) in [5.74, 6) is -0.474. The van der Waals surface area contributed by atoms with Crippen molar-refractivity contribution in [3.63, 3.8) is 0 Å². The number of hydrogen-bond donors (Lipinski definition) is 2. The molecule has 22 heavy (non-hydrogen) atoms. The van der Waals surface area contributed by atoms with Gasteiger partial charge in [0.05, 0.1) is 22.4 Å². The molecule has 1 aromatic carbocycles. The Labute approximate surface area is 131 Å². The molecule has 2 atom stereocenters. The number of hydrogen-bond acceptors (Lipinski definition) is 5. The number of fused-ring (bicyclic) bond motifs is 1. The summed E-state index contributed by atoms with van der Waals surface area (Å²) in [5, 5.41) is 13.0. The summed E-state index contributed by atoms with van der Waals surface area (Å²) in [4.78, 5) is 18.6. The van der Waals surface area contributed by atoms with Crippen LogP contribution in [0.2, 0.25) is 0 Å². The third kappa shape index (κ3) is 3.26. The summed E-state index contributed by atoms with van der Waals surface area (Å²) >= 11 is 1.25. The molecule has 1 aliphatic heterocycles. The molecule has 2 heterocycles. The van der Waals surface area contributed by atoms with E-state index in [1.807, 2.05) is 11.8 Å². The molecule has 0 radical (unpaired) electrons. The van der Waals surface area contributed by atoms with Crippen LogP contribution < -0.4 is 5.32 Å². The number of carbonyl (C=O) groups excluding carboxylic acids is 1. The number of β-amino-alcohol motifs (C(OH)–C–C–N with tert-alkyl or cyclic N) is 1. The van der Waals surface area contributed by atoms with Gasteiger partial charge in [-0.05, 0) is 44.5 Å². The van der Waals surface area contributed by atoms with Crippen LogP contribution in [0.3, 0.4) is 0 Å². The highest BCUT2D eigenvalue weighted by atomic mass is 32.1. The van der Waals surface area contributed by atoms with Crippen LogP contribution in [0.1, 0.15) is 19.8 Å². The van der Waals surface area contributed by atoms with Crippen LogP contribution in [-0.4, -0.2) is 46.1 Å². The Kier molecular flexibility index (Phi) is 4.37. The summed E-state index contributed by atoms with van der Waals surface area (Å²) in [5.41, 5.74) is 0.669. The number of aliphatic hydroxyl groups excluding tert-OH is 1. The third-order valence-corrected chi connectivity index (χ3v) is 4.87. The van der Waals surface area contributed by atoms with Crippen LogP contribution in [0.15, 0.2) is 18.2 Å². The topological polar surface area (TPSA) is 65.5 Å². The Hall–Kier alpha value is -1.57. The molecule has 1 amide bonds. The maximum absolute atomic E-state index is 13.2. The van der Waals surface area contributed by atoms with E-state index >= 15 is 0 Å². The van der Waals surface area contributed by atoms with Gasteiger partial charge in [-0.3, -0.25) is 9.69 Å². The summed E-state index contributed by atoms with van der Waals surface area (Å²) in [6.45, 7) is 3.14. The van der Waals surface area contributed by atoms with E-state index in [0.29, 0.717) is 21.9 Å². The van der Waals surface area contributed by atoms with Gasteiger partial charge in [-0.15, -0.1) is 0 Å². The van der Waals surface area contributed by atoms with Crippen molar-refractivity contribution in [2.45, 2.75) is 31.9 Å². The van der Waals surface area contributed by atoms with Crippen LogP contribution in [-0.2, 0) is 4.79 Å². The van der Waals surface area contributed by atoms with Crippen molar-refractivity contribution >= 4 is 32.6 Å². The number of nitrogens with one attached hydrogen (secondary N) is 1. The lowest BCUT2D eigenvalue weighted by Gasteiger charge is -2.33. The number of benzene rings is 1. The molecule has 5 nitrogen and oxygen atoms in total. The fraction of sp³-hybridized carbons (Fsp3) is 0.467. The summed E-state index contributed by atoms with van der Waals surface area (Å²) < 4.78 is 13.9. The minimum absolute atomic E-state index is 0.159. The zero-order valence-corrected chi connectivity index (χ0v) is 13.1. The lowest BCUT2D eigenvalue weighted by Crippen LogP contribution is -2.48. The molecule has 1 fully saturated rings. The molecule has 0 bridgehead atoms. The van der Waals surface area contributed by atoms with Gasteiger partial charge in [0.2, 0.25) is 5.91 Å². The number of halogens is 1. The smallest absolute Gasteiger partial charge is 0.243 e. The maximum Gasteiger partial charge on any atom is 0.243 e. The van der Waals surface area contributed by atoms with Crippen LogP contribution in [0, 0.1) is 5.82 Å². The van der Waals surface area contributed by atoms with Gasteiger partial charge in [-0.25, -0.2) is 9.37 Å². The van der Waals surface area contributed by atoms with Crippen LogP contribution >= 0.6 is 11.3 Å². The second-order valence-electron chi connectivity index (χ2n) is 5.59. The summed E-state index contributed by atoms with van der Waals surface area (Å²) in [6.07, 6.45) is 1.31. The van der Waals surface area contributed by atoms with Crippen LogP contribution in [0.25, 0.3) is 10.2 Å². The Morgan fingerprint density at radius 3 is 3.18 bits per heavy atom. The number of carbonyl (C=O) groups is 1. The first kappa shape index (κ1) is 15.3. The Morgan fingerprint density at radius 1 is 1.59 bits per heavy atom. The Balaban J connectivity index is 1.69. The molecule has 2 aromatic rings. The monoisotopic (exact) mass is 323 g/mol. The highest BCUT2D eigenvalue weighted by Gasteiger charge is 2.26. The van der Waals surface area contributed by atoms with Gasteiger partial charge in [0.15, 0.2) is 5.13 Å². The van der Waals surface area contributed by atoms with Gasteiger partial charge < -0.3 is 10.4 Å². The number of anilines is 1. The third-order valence-electron chi connectivity index (χ3n) is 3.94. The lowest BCUT2D eigenvalue weighted by atomic mass is 10.1. The second-order valence-corrected chi connectivity index (χ2v) is 6.62. The molecular formula is C15H18FN3O2S. The fourth-order valence-corrected chi connectivity index (χ4v) is 3.56. The minimum atomic E-state index is -0.366. The number of rotatable bonds is 3. The first-order valence-corrected chi connectivity index (χ1v) is 8.13. The number of nitrogens with zero attached hydrogens (tertiary/aromatic N) is 2. The number of amides is 1. The first-order chi connectivity index (χ1) is 10.5. The average Bonchev–Trinajstić information content (AvgIpc) is 2.87. The zero-order valence-electron chi connectivity index (χ0n) is 12.3. The molecule has 0 saturated carbocycles. The van der Waals surface area contributed by atoms with Gasteiger partial charge in [-0.2, -0.15) is 0 Å². The Morgan fingerprint density at radius 2 is 2.41 bits per heavy atom. The van der Waals surface area contributed by atoms with Gasteiger partial charge in [-0.1, -0.05) is 11.3 Å². The van der Waals surface area contributed by atoms with E-state index in [9.17, 15) is 14.3 Å². The van der Waals surface area contributed by atoms with E-state index in [4.69, 9.17) is 0 Å². The van der Waals surface area contributed by atoms with Crippen molar-refractivity contribution in [2.75, 3.05) is 18.4 Å². The quantitative estimate of drug-likeness (QED) is 0.909. The molecular weight excluding hydrogens is 305 g/mol. The molecule has 7 heteroatoms. The van der Waals surface area contributed by atoms with E-state index in [2.05, 4.69) is 10.3 Å². The normalized spacial score (nSPS) is 21.0. The number of aliphatic hydroxyl groups is 1. The van der Waals surface area contributed by atoms with Crippen molar-refractivity contribution in [3.05, 3.63) is 24.0 Å².